The van der Waals surface area contributed by atoms with Gasteiger partial charge in [0.1, 0.15) is 0 Å². The van der Waals surface area contributed by atoms with Crippen LogP contribution in [0.15, 0.2) is 144 Å². The van der Waals surface area contributed by atoms with E-state index < -0.39 is 12.6 Å². The van der Waals surface area contributed by atoms with E-state index in [1.807, 2.05) is 42.5 Å². The van der Waals surface area contributed by atoms with E-state index in [0.29, 0.717) is 0 Å². The van der Waals surface area contributed by atoms with E-state index in [0.717, 1.165) is 37.2 Å². The molecule has 2 aliphatic rings. The summed E-state index contributed by atoms with van der Waals surface area (Å²) in [7, 11) is -3.23. The van der Waals surface area contributed by atoms with Gasteiger partial charge in [-0.2, -0.15) is 0 Å². The standard InChI is InChI=1S/C37H23BrNOP/c38-31-20-11-19-30-36(31)41(40,24-12-2-1-3-13-24)34-23-9-6-17-28(34)37(30)27-16-5-8-22-33(27)39-32-21-7-4-14-25(32)26-15-10-18-29(37)35(26)39/h1-23H. The smallest absolute Gasteiger partial charge is 0.172 e. The summed E-state index contributed by atoms with van der Waals surface area (Å²) in [6.07, 6.45) is 0. The number of rotatable bonds is 1. The first kappa shape index (κ1) is 23.5. The topological polar surface area (TPSA) is 22.0 Å². The number of fused-ring (bicyclic) bond motifs is 11. The van der Waals surface area contributed by atoms with Gasteiger partial charge in [-0.3, -0.25) is 0 Å². The van der Waals surface area contributed by atoms with Crippen LogP contribution < -0.4 is 15.9 Å². The average Bonchev–Trinajstić information content (AvgIpc) is 3.37. The lowest BCUT2D eigenvalue weighted by Crippen LogP contribution is -2.48. The summed E-state index contributed by atoms with van der Waals surface area (Å²) in [6.45, 7) is 0. The second-order valence-corrected chi connectivity index (χ2v) is 14.4. The number of para-hydroxylation sites is 3. The lowest BCUT2D eigenvalue weighted by atomic mass is 9.63. The largest absolute Gasteiger partial charge is 0.309 e. The minimum atomic E-state index is -3.23. The first-order chi connectivity index (χ1) is 20.2. The number of hydrogen-bond donors (Lipinski definition) is 0. The van der Waals surface area contributed by atoms with Gasteiger partial charge in [-0.15, -0.1) is 0 Å². The Bertz CT molecular complexity index is 2270. The molecule has 1 aromatic heterocycles. The van der Waals surface area contributed by atoms with Crippen LogP contribution in [0.3, 0.4) is 0 Å². The molecule has 0 aliphatic carbocycles. The fraction of sp³-hybridized carbons (Fsp3) is 0.0270. The maximum atomic E-state index is 15.8. The highest BCUT2D eigenvalue weighted by atomic mass is 79.9. The zero-order valence-electron chi connectivity index (χ0n) is 22.0. The van der Waals surface area contributed by atoms with E-state index in [4.69, 9.17) is 0 Å². The van der Waals surface area contributed by atoms with Crippen molar-refractivity contribution in [2.75, 3.05) is 0 Å². The molecule has 2 unspecified atom stereocenters. The summed E-state index contributed by atoms with van der Waals surface area (Å²) in [5, 5.41) is 5.12. The van der Waals surface area contributed by atoms with Crippen LogP contribution in [0.1, 0.15) is 22.3 Å². The maximum Gasteiger partial charge on any atom is 0.172 e. The van der Waals surface area contributed by atoms with Crippen molar-refractivity contribution >= 4 is 60.8 Å². The molecule has 2 nitrogen and oxygen atoms in total. The second-order valence-electron chi connectivity index (χ2n) is 10.9. The molecule has 0 fully saturated rings. The van der Waals surface area contributed by atoms with Crippen LogP contribution in [0, 0.1) is 0 Å². The summed E-state index contributed by atoms with van der Waals surface area (Å²) >= 11 is 3.92. The molecule has 3 heterocycles. The van der Waals surface area contributed by atoms with Crippen molar-refractivity contribution in [1.29, 1.82) is 0 Å². The summed E-state index contributed by atoms with van der Waals surface area (Å²) in [5.41, 5.74) is 7.51. The van der Waals surface area contributed by atoms with Crippen LogP contribution in [-0.2, 0) is 9.98 Å². The molecule has 1 spiro atoms. The van der Waals surface area contributed by atoms with Crippen LogP contribution in [-0.4, -0.2) is 4.57 Å². The molecule has 0 radical (unpaired) electrons. The third kappa shape index (κ3) is 2.72. The number of aromatic nitrogens is 1. The fourth-order valence-corrected chi connectivity index (χ4v) is 12.0. The highest BCUT2D eigenvalue weighted by molar-refractivity contribution is 9.10. The monoisotopic (exact) mass is 607 g/mol. The van der Waals surface area contributed by atoms with E-state index in [-0.39, 0.29) is 0 Å². The SMILES string of the molecule is O=P1(c2ccccc2)c2ccccc2C2(c3ccccc3-n3c4ccccc4c4cccc2c43)c2cccc(Br)c21. The molecule has 194 valence electrons. The molecule has 0 saturated carbocycles. The quantitative estimate of drug-likeness (QED) is 0.172. The van der Waals surface area contributed by atoms with Crippen LogP contribution >= 0.6 is 23.1 Å². The Morgan fingerprint density at radius 2 is 1.20 bits per heavy atom. The van der Waals surface area contributed by atoms with Crippen LogP contribution in [0.25, 0.3) is 27.5 Å². The lowest BCUT2D eigenvalue weighted by molar-refractivity contribution is 0.590. The highest BCUT2D eigenvalue weighted by Gasteiger charge is 2.54. The summed E-state index contributed by atoms with van der Waals surface area (Å²) in [5.74, 6) is 0. The zero-order chi connectivity index (χ0) is 27.3. The molecule has 0 amide bonds. The van der Waals surface area contributed by atoms with Crippen molar-refractivity contribution in [2.24, 2.45) is 0 Å². The zero-order valence-corrected chi connectivity index (χ0v) is 24.4. The first-order valence-electron chi connectivity index (χ1n) is 13.8. The molecular weight excluding hydrogens is 585 g/mol. The van der Waals surface area contributed by atoms with Gasteiger partial charge in [-0.05, 0) is 56.4 Å². The van der Waals surface area contributed by atoms with Crippen molar-refractivity contribution < 1.29 is 4.57 Å². The van der Waals surface area contributed by atoms with Gasteiger partial charge in [0.25, 0.3) is 0 Å². The molecule has 41 heavy (non-hydrogen) atoms. The Kier molecular flexibility index (Phi) is 4.70. The molecule has 9 rings (SSSR count). The highest BCUT2D eigenvalue weighted by Crippen LogP contribution is 2.61. The van der Waals surface area contributed by atoms with E-state index in [1.54, 1.807) is 0 Å². The van der Waals surface area contributed by atoms with Gasteiger partial charge in [0, 0.05) is 31.2 Å². The lowest BCUT2D eigenvalue weighted by Gasteiger charge is -2.47. The van der Waals surface area contributed by atoms with Gasteiger partial charge < -0.3 is 9.13 Å². The van der Waals surface area contributed by atoms with Gasteiger partial charge in [-0.1, -0.05) is 121 Å². The van der Waals surface area contributed by atoms with Gasteiger partial charge >= 0.3 is 0 Å². The van der Waals surface area contributed by atoms with Crippen molar-refractivity contribution in [3.8, 4) is 5.69 Å². The van der Waals surface area contributed by atoms with E-state index in [2.05, 4.69) is 118 Å². The third-order valence-corrected chi connectivity index (χ3v) is 13.3. The van der Waals surface area contributed by atoms with Gasteiger partial charge in [-0.25, -0.2) is 0 Å². The summed E-state index contributed by atoms with van der Waals surface area (Å²) in [4.78, 5) is 0. The molecular formula is C37H23BrNOP. The van der Waals surface area contributed by atoms with Crippen LogP contribution in [0.4, 0.5) is 0 Å². The van der Waals surface area contributed by atoms with Crippen molar-refractivity contribution in [3.05, 3.63) is 166 Å². The van der Waals surface area contributed by atoms with Crippen LogP contribution in [0.5, 0.6) is 0 Å². The Balaban J connectivity index is 1.57. The van der Waals surface area contributed by atoms with Crippen molar-refractivity contribution in [1.82, 2.24) is 4.57 Å². The molecule has 0 N–H and O–H groups in total. The Hall–Kier alpha value is -4.17. The maximum absolute atomic E-state index is 15.8. The predicted octanol–water partition coefficient (Wildman–Crippen LogP) is 8.20. The molecule has 7 aromatic rings. The molecule has 2 atom stereocenters. The minimum Gasteiger partial charge on any atom is -0.309 e. The van der Waals surface area contributed by atoms with Gasteiger partial charge in [0.15, 0.2) is 7.14 Å². The molecule has 2 aliphatic heterocycles. The Morgan fingerprint density at radius 3 is 2.07 bits per heavy atom. The number of nitrogens with zero attached hydrogens (tertiary/aromatic N) is 1. The number of hydrogen-bond acceptors (Lipinski definition) is 1. The summed E-state index contributed by atoms with van der Waals surface area (Å²) < 4.78 is 19.2. The van der Waals surface area contributed by atoms with E-state index in [9.17, 15) is 0 Å². The number of halogens is 1. The Labute approximate surface area is 246 Å². The fourth-order valence-electron chi connectivity index (χ4n) is 7.66. The third-order valence-electron chi connectivity index (χ3n) is 9.12. The van der Waals surface area contributed by atoms with Crippen LogP contribution in [0.2, 0.25) is 0 Å². The Morgan fingerprint density at radius 1 is 0.561 bits per heavy atom. The van der Waals surface area contributed by atoms with E-state index in [1.165, 1.54) is 32.9 Å². The minimum absolute atomic E-state index is 0.654. The molecule has 0 saturated heterocycles. The normalized spacial score (nSPS) is 20.1. The van der Waals surface area contributed by atoms with E-state index >= 15 is 4.57 Å². The van der Waals surface area contributed by atoms with Gasteiger partial charge in [0.05, 0.1) is 22.1 Å². The van der Waals surface area contributed by atoms with Gasteiger partial charge in [0.2, 0.25) is 0 Å². The van der Waals surface area contributed by atoms with Crippen molar-refractivity contribution in [2.45, 2.75) is 5.41 Å². The summed E-state index contributed by atoms with van der Waals surface area (Å²) in [6, 6.07) is 49.0. The molecule has 6 aromatic carbocycles. The average molecular weight is 608 g/mol. The first-order valence-corrected chi connectivity index (χ1v) is 16.3. The molecule has 0 bridgehead atoms. The second kappa shape index (κ2) is 8.19. The number of benzene rings is 6. The molecule has 4 heteroatoms. The van der Waals surface area contributed by atoms with Crippen molar-refractivity contribution in [3.63, 3.8) is 0 Å². The predicted molar refractivity (Wildman–Crippen MR) is 173 cm³/mol.